The van der Waals surface area contributed by atoms with Gasteiger partial charge in [-0.3, -0.25) is 14.4 Å². The van der Waals surface area contributed by atoms with Gasteiger partial charge in [-0.05, 0) is 6.92 Å². The summed E-state index contributed by atoms with van der Waals surface area (Å²) in [5.41, 5.74) is 5.34. The first-order chi connectivity index (χ1) is 6.82. The van der Waals surface area contributed by atoms with E-state index in [0.717, 1.165) is 0 Å². The number of hydrogen-bond acceptors (Lipinski definition) is 4. The van der Waals surface area contributed by atoms with Gasteiger partial charge in [0, 0.05) is 12.5 Å². The van der Waals surface area contributed by atoms with Gasteiger partial charge < -0.3 is 21.3 Å². The first-order valence-electron chi connectivity index (χ1n) is 4.32. The van der Waals surface area contributed by atoms with Gasteiger partial charge in [-0.2, -0.15) is 0 Å². The van der Waals surface area contributed by atoms with E-state index in [0.29, 0.717) is 0 Å². The van der Waals surface area contributed by atoms with Gasteiger partial charge in [0.15, 0.2) is 0 Å². The summed E-state index contributed by atoms with van der Waals surface area (Å²) in [6.07, 6.45) is -0.529. The van der Waals surface area contributed by atoms with Crippen molar-refractivity contribution in [3.05, 3.63) is 0 Å². The van der Waals surface area contributed by atoms with E-state index in [1.165, 1.54) is 6.92 Å². The third-order valence-corrected chi connectivity index (χ3v) is 1.63. The molecule has 2 atom stereocenters. The minimum absolute atomic E-state index is 0.204. The topological polar surface area (TPSA) is 130 Å². The fraction of sp³-hybridized carbons (Fsp3) is 0.625. The van der Waals surface area contributed by atoms with Crippen molar-refractivity contribution >= 4 is 17.8 Å². The molecule has 0 saturated carbocycles. The Bertz CT molecular complexity index is 266. The van der Waals surface area contributed by atoms with Crippen LogP contribution in [0.15, 0.2) is 0 Å². The summed E-state index contributed by atoms with van der Waals surface area (Å²) >= 11 is 0. The van der Waals surface area contributed by atoms with Gasteiger partial charge in [0.25, 0.3) is 0 Å². The smallest absolute Gasteiger partial charge is 0.325 e. The van der Waals surface area contributed by atoms with Gasteiger partial charge >= 0.3 is 11.9 Å². The van der Waals surface area contributed by atoms with Crippen LogP contribution in [-0.2, 0) is 14.4 Å². The van der Waals surface area contributed by atoms with Crippen LogP contribution in [0.4, 0.5) is 0 Å². The molecule has 0 saturated heterocycles. The highest BCUT2D eigenvalue weighted by Gasteiger charge is 2.17. The second-order valence-corrected chi connectivity index (χ2v) is 3.19. The second-order valence-electron chi connectivity index (χ2n) is 3.19. The molecule has 0 aliphatic rings. The number of carboxylic acid groups (broad SMARTS) is 2. The number of carbonyl (C=O) groups is 3. The molecule has 0 aromatic heterocycles. The van der Waals surface area contributed by atoms with Crippen LogP contribution in [0.25, 0.3) is 0 Å². The van der Waals surface area contributed by atoms with Crippen molar-refractivity contribution in [3.63, 3.8) is 0 Å². The maximum Gasteiger partial charge on any atom is 0.325 e. The fourth-order valence-corrected chi connectivity index (χ4v) is 0.897. The van der Waals surface area contributed by atoms with Crippen LogP contribution in [0.3, 0.4) is 0 Å². The zero-order valence-corrected chi connectivity index (χ0v) is 8.27. The van der Waals surface area contributed by atoms with E-state index < -0.39 is 29.9 Å². The van der Waals surface area contributed by atoms with E-state index in [9.17, 15) is 14.4 Å². The van der Waals surface area contributed by atoms with Crippen molar-refractivity contribution in [2.45, 2.75) is 31.8 Å². The van der Waals surface area contributed by atoms with Crippen LogP contribution in [0, 0.1) is 0 Å². The van der Waals surface area contributed by atoms with Crippen LogP contribution in [0.2, 0.25) is 0 Å². The average Bonchev–Trinajstić information content (AvgIpc) is 2.00. The third-order valence-electron chi connectivity index (χ3n) is 1.63. The highest BCUT2D eigenvalue weighted by atomic mass is 16.4. The normalized spacial score (nSPS) is 14.0. The standard InChI is InChI=1S/C8H14N2O5/c1-4(8(14)15)10-6(11)2-5(9)3-7(12)13/h4-5H,2-3,9H2,1H3,(H,10,11)(H,12,13)(H,14,15)/t4-,5-/m0/s1. The van der Waals surface area contributed by atoms with Crippen molar-refractivity contribution in [3.8, 4) is 0 Å². The van der Waals surface area contributed by atoms with Gasteiger partial charge in [-0.1, -0.05) is 0 Å². The Morgan fingerprint density at radius 3 is 2.20 bits per heavy atom. The summed E-state index contributed by atoms with van der Waals surface area (Å²) in [7, 11) is 0. The molecule has 5 N–H and O–H groups in total. The maximum absolute atomic E-state index is 11.1. The minimum atomic E-state index is -1.16. The van der Waals surface area contributed by atoms with Gasteiger partial charge in [-0.15, -0.1) is 0 Å². The number of hydrogen-bond donors (Lipinski definition) is 4. The van der Waals surface area contributed by atoms with Crippen molar-refractivity contribution in [1.29, 1.82) is 0 Å². The zero-order valence-electron chi connectivity index (χ0n) is 8.27. The summed E-state index contributed by atoms with van der Waals surface area (Å²) in [6.45, 7) is 1.31. The molecule has 86 valence electrons. The van der Waals surface area contributed by atoms with Crippen LogP contribution in [0.5, 0.6) is 0 Å². The summed E-state index contributed by atoms with van der Waals surface area (Å²) in [4.78, 5) is 31.7. The molecule has 0 aliphatic heterocycles. The largest absolute Gasteiger partial charge is 0.481 e. The quantitative estimate of drug-likeness (QED) is 0.441. The van der Waals surface area contributed by atoms with E-state index in [-0.39, 0.29) is 12.8 Å². The average molecular weight is 218 g/mol. The summed E-state index contributed by atoms with van der Waals surface area (Å²) in [6, 6.07) is -1.81. The molecule has 0 aromatic rings. The van der Waals surface area contributed by atoms with E-state index >= 15 is 0 Å². The van der Waals surface area contributed by atoms with Gasteiger partial charge in [0.2, 0.25) is 5.91 Å². The predicted molar refractivity (Wildman–Crippen MR) is 50.1 cm³/mol. The molecule has 7 heteroatoms. The molecule has 0 rings (SSSR count). The molecular formula is C8H14N2O5. The highest BCUT2D eigenvalue weighted by Crippen LogP contribution is 1.95. The Morgan fingerprint density at radius 2 is 1.80 bits per heavy atom. The van der Waals surface area contributed by atoms with Gasteiger partial charge in [0.05, 0.1) is 6.42 Å². The van der Waals surface area contributed by atoms with E-state index in [4.69, 9.17) is 15.9 Å². The number of nitrogens with two attached hydrogens (primary N) is 1. The van der Waals surface area contributed by atoms with Crippen LogP contribution in [0.1, 0.15) is 19.8 Å². The molecular weight excluding hydrogens is 204 g/mol. The lowest BCUT2D eigenvalue weighted by Gasteiger charge is -2.11. The lowest BCUT2D eigenvalue weighted by Crippen LogP contribution is -2.41. The van der Waals surface area contributed by atoms with Crippen LogP contribution < -0.4 is 11.1 Å². The number of amides is 1. The Balaban J connectivity index is 3.93. The van der Waals surface area contributed by atoms with Gasteiger partial charge in [0.1, 0.15) is 6.04 Å². The lowest BCUT2D eigenvalue weighted by molar-refractivity contribution is -0.141. The van der Waals surface area contributed by atoms with Crippen molar-refractivity contribution < 1.29 is 24.6 Å². The number of carboxylic acids is 2. The maximum atomic E-state index is 11.1. The molecule has 0 unspecified atom stereocenters. The second kappa shape index (κ2) is 5.97. The number of aliphatic carboxylic acids is 2. The molecule has 7 nitrogen and oxygen atoms in total. The first-order valence-corrected chi connectivity index (χ1v) is 4.32. The fourth-order valence-electron chi connectivity index (χ4n) is 0.897. The Hall–Kier alpha value is -1.63. The SMILES string of the molecule is C[C@H](NC(=O)C[C@H](N)CC(=O)O)C(=O)O. The molecule has 0 fully saturated rings. The van der Waals surface area contributed by atoms with Crippen molar-refractivity contribution in [2.24, 2.45) is 5.73 Å². The summed E-state index contributed by atoms with van der Waals surface area (Å²) in [5, 5.41) is 19.0. The van der Waals surface area contributed by atoms with Crippen LogP contribution in [-0.4, -0.2) is 40.1 Å². The molecule has 0 radical (unpaired) electrons. The predicted octanol–water partition coefficient (Wildman–Crippen LogP) is -1.23. The van der Waals surface area contributed by atoms with Crippen molar-refractivity contribution in [1.82, 2.24) is 5.32 Å². The van der Waals surface area contributed by atoms with E-state index in [1.54, 1.807) is 0 Å². The van der Waals surface area contributed by atoms with E-state index in [1.807, 2.05) is 0 Å². The Labute approximate surface area is 86.3 Å². The third kappa shape index (κ3) is 6.44. The Morgan fingerprint density at radius 1 is 1.27 bits per heavy atom. The van der Waals surface area contributed by atoms with E-state index in [2.05, 4.69) is 5.32 Å². The summed E-state index contributed by atoms with van der Waals surface area (Å²) < 4.78 is 0. The van der Waals surface area contributed by atoms with Gasteiger partial charge in [-0.25, -0.2) is 0 Å². The van der Waals surface area contributed by atoms with Crippen LogP contribution >= 0.6 is 0 Å². The number of rotatable bonds is 6. The first kappa shape index (κ1) is 13.4. The summed E-state index contributed by atoms with van der Waals surface area (Å²) in [5.74, 6) is -2.82. The number of nitrogens with one attached hydrogen (secondary N) is 1. The molecule has 0 bridgehead atoms. The Kier molecular flexibility index (Phi) is 5.32. The molecule has 0 heterocycles. The molecule has 0 aliphatic carbocycles. The minimum Gasteiger partial charge on any atom is -0.481 e. The number of carbonyl (C=O) groups excluding carboxylic acids is 1. The lowest BCUT2D eigenvalue weighted by atomic mass is 10.1. The van der Waals surface area contributed by atoms with Crippen molar-refractivity contribution in [2.75, 3.05) is 0 Å². The molecule has 15 heavy (non-hydrogen) atoms. The molecule has 0 aromatic carbocycles. The monoisotopic (exact) mass is 218 g/mol. The highest BCUT2D eigenvalue weighted by molar-refractivity contribution is 5.83. The molecule has 0 spiro atoms. The zero-order chi connectivity index (χ0) is 12.0. The molecule has 1 amide bonds.